The van der Waals surface area contributed by atoms with Crippen molar-refractivity contribution in [2.45, 2.75) is 18.7 Å². The van der Waals surface area contributed by atoms with Gasteiger partial charge in [-0.3, -0.25) is 14.0 Å². The van der Waals surface area contributed by atoms with E-state index in [2.05, 4.69) is 4.98 Å². The van der Waals surface area contributed by atoms with Crippen LogP contribution in [0.2, 0.25) is 0 Å². The Morgan fingerprint density at radius 1 is 1.21 bits per heavy atom. The largest absolute Gasteiger partial charge is 0.416 e. The molecule has 1 atom stereocenters. The maximum Gasteiger partial charge on any atom is 0.416 e. The number of amides is 1. The number of hydrogen-bond donors (Lipinski definition) is 2. The van der Waals surface area contributed by atoms with Crippen LogP contribution >= 0.6 is 0 Å². The van der Waals surface area contributed by atoms with E-state index in [9.17, 15) is 27.2 Å². The topological polar surface area (TPSA) is 83.7 Å². The van der Waals surface area contributed by atoms with Crippen LogP contribution in [0, 0.1) is 5.82 Å². The summed E-state index contributed by atoms with van der Waals surface area (Å²) >= 11 is 0. The summed E-state index contributed by atoms with van der Waals surface area (Å²) in [5.41, 5.74) is 0.530. The molecule has 2 N–H and O–H groups in total. The molecule has 6 nitrogen and oxygen atoms in total. The summed E-state index contributed by atoms with van der Waals surface area (Å²) in [6.45, 7) is -1.05. The number of halogens is 4. The molecule has 0 saturated carbocycles. The summed E-state index contributed by atoms with van der Waals surface area (Å²) in [6.07, 6.45) is -4.99. The fourth-order valence-electron chi connectivity index (χ4n) is 2.66. The maximum absolute atomic E-state index is 14.1. The van der Waals surface area contributed by atoms with Gasteiger partial charge in [0, 0.05) is 18.2 Å². The van der Waals surface area contributed by atoms with E-state index < -0.39 is 36.3 Å². The average molecular weight is 409 g/mol. The van der Waals surface area contributed by atoms with Gasteiger partial charge >= 0.3 is 6.18 Å². The summed E-state index contributed by atoms with van der Waals surface area (Å²) in [5.74, 6) is -2.12. The number of rotatable bonds is 6. The van der Waals surface area contributed by atoms with Crippen LogP contribution < -0.4 is 5.32 Å². The van der Waals surface area contributed by atoms with E-state index in [0.29, 0.717) is 5.65 Å². The van der Waals surface area contributed by atoms with Crippen LogP contribution in [0.4, 0.5) is 17.6 Å². The number of nitrogens with zero attached hydrogens (tertiary/aromatic N) is 2. The number of aliphatic hydroxyl groups is 1. The number of aromatic nitrogens is 2. The van der Waals surface area contributed by atoms with E-state index in [1.807, 2.05) is 5.32 Å². The normalized spacial score (nSPS) is 12.7. The number of imidazole rings is 1. The molecule has 1 aromatic carbocycles. The third-order valence-corrected chi connectivity index (χ3v) is 4.20. The number of aliphatic hydroxyl groups excluding tert-OH is 1. The van der Waals surface area contributed by atoms with E-state index in [-0.39, 0.29) is 23.2 Å². The molecule has 2 aromatic heterocycles. The number of Topliss-reactive ketones (excluding diaryl/α,β-unsaturated/α-hetero) is 1. The van der Waals surface area contributed by atoms with Gasteiger partial charge in [-0.1, -0.05) is 6.07 Å². The number of carbonyl (C=O) groups excluding carboxylic acids is 2. The zero-order valence-corrected chi connectivity index (χ0v) is 14.8. The molecule has 29 heavy (non-hydrogen) atoms. The van der Waals surface area contributed by atoms with Crippen molar-refractivity contribution in [2.75, 3.05) is 6.54 Å². The quantitative estimate of drug-likeness (QED) is 0.484. The third kappa shape index (κ3) is 4.60. The first kappa shape index (κ1) is 20.5. The Labute approximate surface area is 161 Å². The highest BCUT2D eigenvalue weighted by Gasteiger charge is 2.38. The van der Waals surface area contributed by atoms with Gasteiger partial charge in [0.05, 0.1) is 12.7 Å². The molecule has 3 rings (SSSR count). The maximum atomic E-state index is 14.1. The number of hydrogen-bond acceptors (Lipinski definition) is 4. The van der Waals surface area contributed by atoms with Gasteiger partial charge in [0.15, 0.2) is 11.9 Å². The molecule has 2 heterocycles. The van der Waals surface area contributed by atoms with Crippen molar-refractivity contribution < 1.29 is 32.3 Å². The van der Waals surface area contributed by atoms with Gasteiger partial charge in [0.25, 0.3) is 5.91 Å². The molecular weight excluding hydrogens is 394 g/mol. The molecule has 0 saturated heterocycles. The lowest BCUT2D eigenvalue weighted by atomic mass is 10.0. The molecule has 0 bridgehead atoms. The zero-order valence-electron chi connectivity index (χ0n) is 14.8. The Hall–Kier alpha value is -3.27. The van der Waals surface area contributed by atoms with E-state index >= 15 is 0 Å². The van der Waals surface area contributed by atoms with Crippen molar-refractivity contribution in [3.8, 4) is 0 Å². The van der Waals surface area contributed by atoms with E-state index in [4.69, 9.17) is 5.11 Å². The average Bonchev–Trinajstić information content (AvgIpc) is 3.11. The molecule has 3 aromatic rings. The summed E-state index contributed by atoms with van der Waals surface area (Å²) in [7, 11) is 0. The van der Waals surface area contributed by atoms with E-state index in [0.717, 1.165) is 18.2 Å². The molecule has 1 amide bonds. The van der Waals surface area contributed by atoms with Crippen LogP contribution in [0.25, 0.3) is 5.65 Å². The Balaban J connectivity index is 1.75. The van der Waals surface area contributed by atoms with Crippen molar-refractivity contribution in [1.82, 2.24) is 14.7 Å². The van der Waals surface area contributed by atoms with Crippen LogP contribution in [-0.2, 0) is 6.42 Å². The SMILES string of the molecule is O=C(NCC(O)C(F)(F)F)c1ccc(F)c(CC(=O)c2cnc3ccccn23)c1. The molecule has 0 aliphatic rings. The summed E-state index contributed by atoms with van der Waals surface area (Å²) in [5, 5.41) is 10.9. The Kier molecular flexibility index (Phi) is 5.64. The smallest absolute Gasteiger partial charge is 0.382 e. The number of benzene rings is 1. The number of nitrogens with one attached hydrogen (secondary N) is 1. The van der Waals surface area contributed by atoms with E-state index in [1.54, 1.807) is 24.4 Å². The van der Waals surface area contributed by atoms with Gasteiger partial charge in [-0.25, -0.2) is 9.37 Å². The molecule has 0 aliphatic carbocycles. The lowest BCUT2D eigenvalue weighted by Crippen LogP contribution is -2.40. The number of pyridine rings is 1. The van der Waals surface area contributed by atoms with Gasteiger partial charge in [-0.2, -0.15) is 13.2 Å². The Morgan fingerprint density at radius 3 is 2.69 bits per heavy atom. The third-order valence-electron chi connectivity index (χ3n) is 4.20. The second-order valence-corrected chi connectivity index (χ2v) is 6.25. The Morgan fingerprint density at radius 2 is 1.97 bits per heavy atom. The highest BCUT2D eigenvalue weighted by molar-refractivity contribution is 5.98. The molecule has 1 unspecified atom stereocenters. The molecule has 10 heteroatoms. The van der Waals surface area contributed by atoms with Crippen LogP contribution in [-0.4, -0.2) is 45.0 Å². The Bertz CT molecular complexity index is 1060. The van der Waals surface area contributed by atoms with E-state index in [1.165, 1.54) is 10.6 Å². The molecule has 0 radical (unpaired) electrons. The molecular formula is C19H15F4N3O3. The van der Waals surface area contributed by atoms with Crippen LogP contribution in [0.5, 0.6) is 0 Å². The minimum atomic E-state index is -4.87. The van der Waals surface area contributed by atoms with Crippen molar-refractivity contribution >= 4 is 17.3 Å². The first-order chi connectivity index (χ1) is 13.7. The van der Waals surface area contributed by atoms with Crippen LogP contribution in [0.3, 0.4) is 0 Å². The van der Waals surface area contributed by atoms with Crippen molar-refractivity contribution in [3.05, 3.63) is 71.4 Å². The second-order valence-electron chi connectivity index (χ2n) is 6.25. The summed E-state index contributed by atoms with van der Waals surface area (Å²) in [6, 6.07) is 8.25. The van der Waals surface area contributed by atoms with Crippen molar-refractivity contribution in [2.24, 2.45) is 0 Å². The minimum absolute atomic E-state index is 0.0927. The molecule has 0 spiro atoms. The lowest BCUT2D eigenvalue weighted by Gasteiger charge is -2.15. The van der Waals surface area contributed by atoms with Gasteiger partial charge in [-0.15, -0.1) is 0 Å². The first-order valence-electron chi connectivity index (χ1n) is 8.43. The number of fused-ring (bicyclic) bond motifs is 1. The lowest BCUT2D eigenvalue weighted by molar-refractivity contribution is -0.201. The monoisotopic (exact) mass is 409 g/mol. The zero-order chi connectivity index (χ0) is 21.2. The van der Waals surface area contributed by atoms with Crippen molar-refractivity contribution in [3.63, 3.8) is 0 Å². The fourth-order valence-corrected chi connectivity index (χ4v) is 2.66. The highest BCUT2D eigenvalue weighted by Crippen LogP contribution is 2.19. The number of carbonyl (C=O) groups is 2. The molecule has 0 fully saturated rings. The number of alkyl halides is 3. The van der Waals surface area contributed by atoms with Gasteiger partial charge in [0.2, 0.25) is 0 Å². The highest BCUT2D eigenvalue weighted by atomic mass is 19.4. The van der Waals surface area contributed by atoms with Gasteiger partial charge < -0.3 is 10.4 Å². The predicted octanol–water partition coefficient (Wildman–Crippen LogP) is 2.55. The fraction of sp³-hybridized carbons (Fsp3) is 0.211. The second kappa shape index (κ2) is 8.00. The predicted molar refractivity (Wildman–Crippen MR) is 94.0 cm³/mol. The van der Waals surface area contributed by atoms with Gasteiger partial charge in [0.1, 0.15) is 17.2 Å². The van der Waals surface area contributed by atoms with Crippen LogP contribution in [0.1, 0.15) is 26.4 Å². The van der Waals surface area contributed by atoms with Crippen LogP contribution in [0.15, 0.2) is 48.8 Å². The first-order valence-corrected chi connectivity index (χ1v) is 8.43. The standard InChI is InChI=1S/C19H15F4N3O3/c20-13-5-4-11(18(29)25-10-16(28)19(21,22)23)7-12(13)8-15(27)14-9-24-17-3-1-2-6-26(14)17/h1-7,9,16,28H,8,10H2,(H,25,29). The van der Waals surface area contributed by atoms with Crippen molar-refractivity contribution in [1.29, 1.82) is 0 Å². The molecule has 0 aliphatic heterocycles. The summed E-state index contributed by atoms with van der Waals surface area (Å²) in [4.78, 5) is 28.7. The number of ketones is 1. The summed E-state index contributed by atoms with van der Waals surface area (Å²) < 4.78 is 52.6. The molecule has 152 valence electrons. The minimum Gasteiger partial charge on any atom is -0.382 e. The van der Waals surface area contributed by atoms with Gasteiger partial charge in [-0.05, 0) is 35.9 Å².